The van der Waals surface area contributed by atoms with E-state index < -0.39 is 0 Å². The van der Waals surface area contributed by atoms with Crippen LogP contribution >= 0.6 is 0 Å². The number of hydrogen-bond acceptors (Lipinski definition) is 3. The van der Waals surface area contributed by atoms with Crippen molar-refractivity contribution in [2.45, 2.75) is 39.8 Å². The first-order valence-electron chi connectivity index (χ1n) is 9.84. The van der Waals surface area contributed by atoms with Crippen molar-refractivity contribution in [3.05, 3.63) is 65.2 Å². The lowest BCUT2D eigenvalue weighted by atomic mass is 9.91. The molecular formula is C23H30N2O2. The minimum atomic E-state index is -0.0773. The molecule has 2 aromatic rings. The Bertz CT molecular complexity index is 764. The Hall–Kier alpha value is -2.33. The Morgan fingerprint density at radius 2 is 1.59 bits per heavy atom. The van der Waals surface area contributed by atoms with E-state index in [0.717, 1.165) is 37.0 Å². The summed E-state index contributed by atoms with van der Waals surface area (Å²) < 4.78 is 0. The molecule has 0 saturated carbocycles. The van der Waals surface area contributed by atoms with Crippen LogP contribution < -0.4 is 5.32 Å². The highest BCUT2D eigenvalue weighted by Crippen LogP contribution is 2.23. The average Bonchev–Trinajstić information content (AvgIpc) is 2.62. The third kappa shape index (κ3) is 5.57. The van der Waals surface area contributed by atoms with Crippen LogP contribution in [0.4, 0.5) is 0 Å². The monoisotopic (exact) mass is 366 g/mol. The molecule has 2 unspecified atom stereocenters. The normalized spacial score (nSPS) is 20.4. The Kier molecular flexibility index (Phi) is 6.51. The fourth-order valence-corrected chi connectivity index (χ4v) is 4.14. The molecule has 0 spiro atoms. The molecule has 3 rings (SSSR count). The molecule has 0 aromatic heterocycles. The number of benzene rings is 2. The van der Waals surface area contributed by atoms with Gasteiger partial charge in [-0.05, 0) is 35.4 Å². The number of piperidine rings is 1. The maximum absolute atomic E-state index is 12.3. The zero-order valence-corrected chi connectivity index (χ0v) is 16.3. The van der Waals surface area contributed by atoms with Crippen LogP contribution in [0.15, 0.2) is 48.5 Å². The third-order valence-corrected chi connectivity index (χ3v) is 5.28. The molecule has 0 radical (unpaired) electrons. The van der Waals surface area contributed by atoms with E-state index in [1.807, 2.05) is 12.1 Å². The second kappa shape index (κ2) is 9.05. The molecule has 27 heavy (non-hydrogen) atoms. The smallest absolute Gasteiger partial charge is 0.224 e. The molecule has 1 saturated heterocycles. The van der Waals surface area contributed by atoms with Crippen LogP contribution in [0.1, 0.15) is 37.0 Å². The van der Waals surface area contributed by atoms with Crippen molar-refractivity contribution >= 4 is 5.91 Å². The van der Waals surface area contributed by atoms with Crippen molar-refractivity contribution in [3.8, 4) is 5.75 Å². The minimum absolute atomic E-state index is 0.0773. The average molecular weight is 367 g/mol. The van der Waals surface area contributed by atoms with Gasteiger partial charge in [-0.3, -0.25) is 9.69 Å². The maximum Gasteiger partial charge on any atom is 0.224 e. The summed E-state index contributed by atoms with van der Waals surface area (Å²) in [5, 5.41) is 12.8. The third-order valence-electron chi connectivity index (χ3n) is 5.28. The number of amides is 1. The van der Waals surface area contributed by atoms with Gasteiger partial charge in [-0.2, -0.15) is 0 Å². The van der Waals surface area contributed by atoms with E-state index in [4.69, 9.17) is 0 Å². The van der Waals surface area contributed by atoms with Crippen LogP contribution in [-0.2, 0) is 24.3 Å². The van der Waals surface area contributed by atoms with Crippen molar-refractivity contribution in [1.29, 1.82) is 0 Å². The summed E-state index contributed by atoms with van der Waals surface area (Å²) in [6, 6.07) is 15.3. The van der Waals surface area contributed by atoms with Crippen molar-refractivity contribution < 1.29 is 9.90 Å². The molecular weight excluding hydrogens is 336 g/mol. The predicted molar refractivity (Wildman–Crippen MR) is 108 cm³/mol. The molecule has 1 aliphatic heterocycles. The van der Waals surface area contributed by atoms with E-state index in [9.17, 15) is 9.90 Å². The zero-order valence-electron chi connectivity index (χ0n) is 16.3. The quantitative estimate of drug-likeness (QED) is 0.819. The highest BCUT2D eigenvalue weighted by molar-refractivity contribution is 5.79. The van der Waals surface area contributed by atoms with E-state index in [1.54, 1.807) is 18.2 Å². The lowest BCUT2D eigenvalue weighted by Crippen LogP contribution is -2.38. The lowest BCUT2D eigenvalue weighted by molar-refractivity contribution is -0.120. The highest BCUT2D eigenvalue weighted by atomic mass is 16.3. The number of para-hydroxylation sites is 1. The van der Waals surface area contributed by atoms with Crippen molar-refractivity contribution in [2.24, 2.45) is 11.8 Å². The van der Waals surface area contributed by atoms with E-state index in [-0.39, 0.29) is 18.1 Å². The summed E-state index contributed by atoms with van der Waals surface area (Å²) >= 11 is 0. The first kappa shape index (κ1) is 19.4. The standard InChI is InChI=1S/C23H30N2O2/c1-17-11-18(2)15-25(14-17)16-21-9-4-3-8-20(21)13-24-23(27)12-19-7-5-6-10-22(19)26/h3-10,17-18,26H,11-16H2,1-2H3,(H,24,27). The Labute approximate surface area is 162 Å². The van der Waals surface area contributed by atoms with Gasteiger partial charge >= 0.3 is 0 Å². The van der Waals surface area contributed by atoms with E-state index in [0.29, 0.717) is 12.1 Å². The number of phenols is 1. The number of aromatic hydroxyl groups is 1. The maximum atomic E-state index is 12.3. The predicted octanol–water partition coefficient (Wildman–Crippen LogP) is 3.73. The van der Waals surface area contributed by atoms with Gasteiger partial charge in [-0.1, -0.05) is 56.3 Å². The molecule has 1 heterocycles. The van der Waals surface area contributed by atoms with Gasteiger partial charge in [0, 0.05) is 31.7 Å². The first-order valence-corrected chi connectivity index (χ1v) is 9.84. The number of carbonyl (C=O) groups excluding carboxylic acids is 1. The minimum Gasteiger partial charge on any atom is -0.508 e. The number of phenolic OH excluding ortho intramolecular Hbond substituents is 1. The van der Waals surface area contributed by atoms with Gasteiger partial charge in [0.25, 0.3) is 0 Å². The van der Waals surface area contributed by atoms with Crippen LogP contribution in [0.5, 0.6) is 5.75 Å². The summed E-state index contributed by atoms with van der Waals surface area (Å²) in [5.74, 6) is 1.56. The Morgan fingerprint density at radius 3 is 2.26 bits per heavy atom. The number of rotatable bonds is 6. The second-order valence-corrected chi connectivity index (χ2v) is 7.99. The van der Waals surface area contributed by atoms with Crippen LogP contribution in [-0.4, -0.2) is 29.0 Å². The van der Waals surface area contributed by atoms with Gasteiger partial charge in [0.15, 0.2) is 0 Å². The lowest BCUT2D eigenvalue weighted by Gasteiger charge is -2.35. The second-order valence-electron chi connectivity index (χ2n) is 7.99. The Morgan fingerprint density at radius 1 is 1.00 bits per heavy atom. The molecule has 1 aliphatic rings. The topological polar surface area (TPSA) is 52.6 Å². The van der Waals surface area contributed by atoms with E-state index in [2.05, 4.69) is 42.3 Å². The molecule has 0 aliphatic carbocycles. The fraction of sp³-hybridized carbons (Fsp3) is 0.435. The van der Waals surface area contributed by atoms with Crippen LogP contribution in [0.3, 0.4) is 0 Å². The van der Waals surface area contributed by atoms with Gasteiger partial charge in [0.05, 0.1) is 6.42 Å². The van der Waals surface area contributed by atoms with Gasteiger partial charge in [0.2, 0.25) is 5.91 Å². The molecule has 4 nitrogen and oxygen atoms in total. The molecule has 2 atom stereocenters. The fourth-order valence-electron chi connectivity index (χ4n) is 4.14. The van der Waals surface area contributed by atoms with Gasteiger partial charge in [-0.25, -0.2) is 0 Å². The SMILES string of the molecule is CC1CC(C)CN(Cc2ccccc2CNC(=O)Cc2ccccc2O)C1. The zero-order chi connectivity index (χ0) is 19.2. The summed E-state index contributed by atoms with van der Waals surface area (Å²) in [6.45, 7) is 8.37. The summed E-state index contributed by atoms with van der Waals surface area (Å²) in [6.07, 6.45) is 1.50. The van der Waals surface area contributed by atoms with Gasteiger partial charge < -0.3 is 10.4 Å². The molecule has 4 heteroatoms. The van der Waals surface area contributed by atoms with E-state index >= 15 is 0 Å². The highest BCUT2D eigenvalue weighted by Gasteiger charge is 2.22. The number of likely N-dealkylation sites (tertiary alicyclic amines) is 1. The number of carbonyl (C=O) groups is 1. The summed E-state index contributed by atoms with van der Waals surface area (Å²) in [4.78, 5) is 14.8. The van der Waals surface area contributed by atoms with Crippen LogP contribution in [0.25, 0.3) is 0 Å². The molecule has 2 N–H and O–H groups in total. The van der Waals surface area contributed by atoms with Crippen molar-refractivity contribution in [3.63, 3.8) is 0 Å². The number of nitrogens with one attached hydrogen (secondary N) is 1. The molecule has 2 aromatic carbocycles. The van der Waals surface area contributed by atoms with Crippen LogP contribution in [0, 0.1) is 11.8 Å². The molecule has 1 amide bonds. The summed E-state index contributed by atoms with van der Waals surface area (Å²) in [7, 11) is 0. The number of hydrogen-bond donors (Lipinski definition) is 2. The number of nitrogens with zero attached hydrogens (tertiary/aromatic N) is 1. The van der Waals surface area contributed by atoms with Crippen LogP contribution in [0.2, 0.25) is 0 Å². The summed E-state index contributed by atoms with van der Waals surface area (Å²) in [5.41, 5.74) is 3.09. The van der Waals surface area contributed by atoms with Gasteiger partial charge in [-0.15, -0.1) is 0 Å². The largest absolute Gasteiger partial charge is 0.508 e. The Balaban J connectivity index is 1.59. The van der Waals surface area contributed by atoms with E-state index in [1.165, 1.54) is 12.0 Å². The first-order chi connectivity index (χ1) is 13.0. The molecule has 1 fully saturated rings. The molecule has 0 bridgehead atoms. The van der Waals surface area contributed by atoms with Gasteiger partial charge in [0.1, 0.15) is 5.75 Å². The molecule has 144 valence electrons. The van der Waals surface area contributed by atoms with Crippen molar-refractivity contribution in [1.82, 2.24) is 10.2 Å². The van der Waals surface area contributed by atoms with Crippen molar-refractivity contribution in [2.75, 3.05) is 13.1 Å².